The summed E-state index contributed by atoms with van der Waals surface area (Å²) < 4.78 is 0. The van der Waals surface area contributed by atoms with Gasteiger partial charge in [0.05, 0.1) is 0 Å². The number of rotatable bonds is 14. The molecule has 0 saturated heterocycles. The van der Waals surface area contributed by atoms with Gasteiger partial charge in [-0.15, -0.1) is 0 Å². The zero-order valence-electron chi connectivity index (χ0n) is 17.2. The smallest absolute Gasteiger partial charge is 0.105 e. The van der Waals surface area contributed by atoms with E-state index in [2.05, 4.69) is 66.4 Å². The summed E-state index contributed by atoms with van der Waals surface area (Å²) in [5, 5.41) is 0. The van der Waals surface area contributed by atoms with Gasteiger partial charge in [0.2, 0.25) is 0 Å². The molecule has 26 heavy (non-hydrogen) atoms. The summed E-state index contributed by atoms with van der Waals surface area (Å²) in [4.78, 5) is 5.10. The highest BCUT2D eigenvalue weighted by Gasteiger charge is 2.25. The van der Waals surface area contributed by atoms with Gasteiger partial charge in [-0.1, -0.05) is 95.5 Å². The molecule has 0 fully saturated rings. The van der Waals surface area contributed by atoms with Crippen LogP contribution >= 0.6 is 0 Å². The average molecular weight is 357 g/mol. The van der Waals surface area contributed by atoms with Gasteiger partial charge in [-0.2, -0.15) is 0 Å². The van der Waals surface area contributed by atoms with E-state index in [0.29, 0.717) is 6.17 Å². The van der Waals surface area contributed by atoms with E-state index in [0.717, 1.165) is 13.0 Å². The molecule has 0 saturated carbocycles. The highest BCUT2D eigenvalue weighted by molar-refractivity contribution is 5.17. The molecule has 1 aromatic carbocycles. The van der Waals surface area contributed by atoms with Gasteiger partial charge >= 0.3 is 0 Å². The minimum Gasteiger partial charge on any atom is -0.356 e. The Bertz CT molecular complexity index is 482. The number of hydrogen-bond acceptors (Lipinski definition) is 2. The van der Waals surface area contributed by atoms with Crippen LogP contribution in [0.1, 0.15) is 83.6 Å². The third-order valence-corrected chi connectivity index (χ3v) is 5.48. The fraction of sp³-hybridized carbons (Fsp3) is 0.667. The van der Waals surface area contributed by atoms with Crippen molar-refractivity contribution in [3.05, 3.63) is 48.3 Å². The van der Waals surface area contributed by atoms with Crippen molar-refractivity contribution in [3.8, 4) is 0 Å². The maximum atomic E-state index is 2.57. The molecule has 2 nitrogen and oxygen atoms in total. The van der Waals surface area contributed by atoms with E-state index in [-0.39, 0.29) is 0 Å². The fourth-order valence-corrected chi connectivity index (χ4v) is 3.93. The molecule has 0 aliphatic carbocycles. The van der Waals surface area contributed by atoms with Gasteiger partial charge < -0.3 is 9.80 Å². The maximum Gasteiger partial charge on any atom is 0.105 e. The Hall–Kier alpha value is -1.44. The molecule has 0 bridgehead atoms. The summed E-state index contributed by atoms with van der Waals surface area (Å²) in [6.45, 7) is 6.92. The highest BCUT2D eigenvalue weighted by atomic mass is 15.4. The summed E-state index contributed by atoms with van der Waals surface area (Å²) >= 11 is 0. The summed E-state index contributed by atoms with van der Waals surface area (Å²) in [5.74, 6) is 0. The first kappa shape index (κ1) is 20.9. The molecule has 2 heteroatoms. The molecule has 0 N–H and O–H groups in total. The van der Waals surface area contributed by atoms with E-state index < -0.39 is 0 Å². The SMILES string of the molecule is CCCCCCCCCCCN1C=CN(CCC)C1Cc1ccccc1. The first-order chi connectivity index (χ1) is 12.8. The van der Waals surface area contributed by atoms with Crippen LogP contribution < -0.4 is 0 Å². The second-order valence-corrected chi connectivity index (χ2v) is 7.77. The Labute approximate surface area is 162 Å². The van der Waals surface area contributed by atoms with Crippen LogP contribution in [-0.2, 0) is 6.42 Å². The molecule has 1 aromatic rings. The maximum absolute atomic E-state index is 2.57. The lowest BCUT2D eigenvalue weighted by Gasteiger charge is -2.33. The van der Waals surface area contributed by atoms with E-state index in [1.54, 1.807) is 0 Å². The zero-order valence-corrected chi connectivity index (χ0v) is 17.2. The van der Waals surface area contributed by atoms with Crippen LogP contribution in [-0.4, -0.2) is 29.1 Å². The molecule has 1 atom stereocenters. The van der Waals surface area contributed by atoms with Crippen molar-refractivity contribution in [2.45, 2.75) is 90.6 Å². The molecule has 0 radical (unpaired) electrons. The quantitative estimate of drug-likeness (QED) is 0.347. The predicted molar refractivity (Wildman–Crippen MR) is 114 cm³/mol. The first-order valence-electron chi connectivity index (χ1n) is 11.1. The molecule has 0 amide bonds. The van der Waals surface area contributed by atoms with Crippen LogP contribution in [0.3, 0.4) is 0 Å². The minimum absolute atomic E-state index is 0.506. The van der Waals surface area contributed by atoms with E-state index in [4.69, 9.17) is 0 Å². The van der Waals surface area contributed by atoms with Gasteiger partial charge in [0.15, 0.2) is 0 Å². The van der Waals surface area contributed by atoms with E-state index in [1.807, 2.05) is 0 Å². The van der Waals surface area contributed by atoms with Gasteiger partial charge in [0, 0.05) is 31.9 Å². The van der Waals surface area contributed by atoms with Gasteiger partial charge in [-0.3, -0.25) is 0 Å². The molecule has 2 rings (SSSR count). The second kappa shape index (κ2) is 12.8. The largest absolute Gasteiger partial charge is 0.356 e. The third-order valence-electron chi connectivity index (χ3n) is 5.48. The van der Waals surface area contributed by atoms with E-state index in [1.165, 1.54) is 76.3 Å². The van der Waals surface area contributed by atoms with Crippen LogP contribution in [0, 0.1) is 0 Å². The molecular weight excluding hydrogens is 316 g/mol. The van der Waals surface area contributed by atoms with Crippen LogP contribution in [0.5, 0.6) is 0 Å². The number of nitrogens with zero attached hydrogens (tertiary/aromatic N) is 2. The molecule has 1 heterocycles. The van der Waals surface area contributed by atoms with Gasteiger partial charge in [0.25, 0.3) is 0 Å². The van der Waals surface area contributed by atoms with Crippen molar-refractivity contribution in [1.29, 1.82) is 0 Å². The monoisotopic (exact) mass is 356 g/mol. The lowest BCUT2D eigenvalue weighted by Crippen LogP contribution is -2.41. The van der Waals surface area contributed by atoms with E-state index in [9.17, 15) is 0 Å². The lowest BCUT2D eigenvalue weighted by molar-refractivity contribution is 0.150. The summed E-state index contributed by atoms with van der Waals surface area (Å²) in [6, 6.07) is 11.0. The number of unbranched alkanes of at least 4 members (excludes halogenated alkanes) is 8. The van der Waals surface area contributed by atoms with Crippen molar-refractivity contribution < 1.29 is 0 Å². The van der Waals surface area contributed by atoms with Crippen molar-refractivity contribution in [1.82, 2.24) is 9.80 Å². The van der Waals surface area contributed by atoms with Crippen molar-refractivity contribution in [2.75, 3.05) is 13.1 Å². The summed E-state index contributed by atoms with van der Waals surface area (Å²) in [6.07, 6.45) is 20.1. The molecule has 0 spiro atoms. The highest BCUT2D eigenvalue weighted by Crippen LogP contribution is 2.21. The second-order valence-electron chi connectivity index (χ2n) is 7.77. The number of benzene rings is 1. The van der Waals surface area contributed by atoms with Crippen LogP contribution in [0.15, 0.2) is 42.7 Å². The van der Waals surface area contributed by atoms with Crippen molar-refractivity contribution in [3.63, 3.8) is 0 Å². The molecule has 1 aliphatic rings. The van der Waals surface area contributed by atoms with Crippen molar-refractivity contribution >= 4 is 0 Å². The summed E-state index contributed by atoms with van der Waals surface area (Å²) in [7, 11) is 0. The molecule has 146 valence electrons. The molecule has 1 unspecified atom stereocenters. The lowest BCUT2D eigenvalue weighted by atomic mass is 10.1. The Balaban J connectivity index is 1.68. The van der Waals surface area contributed by atoms with Crippen LogP contribution in [0.25, 0.3) is 0 Å². The normalized spacial score (nSPS) is 16.6. The summed E-state index contributed by atoms with van der Waals surface area (Å²) in [5.41, 5.74) is 1.44. The van der Waals surface area contributed by atoms with Crippen LogP contribution in [0.4, 0.5) is 0 Å². The van der Waals surface area contributed by atoms with Crippen molar-refractivity contribution in [2.24, 2.45) is 0 Å². The van der Waals surface area contributed by atoms with Gasteiger partial charge in [0.1, 0.15) is 6.17 Å². The molecule has 0 aromatic heterocycles. The fourth-order valence-electron chi connectivity index (χ4n) is 3.93. The average Bonchev–Trinajstić information content (AvgIpc) is 3.03. The standard InChI is InChI=1S/C24H40N2/c1-3-5-6-7-8-9-10-11-15-19-26-21-20-25(18-4-2)24(26)22-23-16-13-12-14-17-23/h12-14,16-17,20-21,24H,3-11,15,18-19,22H2,1-2H3. The Morgan fingerprint density at radius 2 is 1.23 bits per heavy atom. The zero-order chi connectivity index (χ0) is 18.5. The van der Waals surface area contributed by atoms with Gasteiger partial charge in [-0.05, 0) is 18.4 Å². The predicted octanol–water partition coefficient (Wildman–Crippen LogP) is 6.58. The minimum atomic E-state index is 0.506. The Kier molecular flexibility index (Phi) is 10.3. The Morgan fingerprint density at radius 3 is 1.85 bits per heavy atom. The third kappa shape index (κ3) is 7.43. The molecule has 1 aliphatic heterocycles. The Morgan fingerprint density at radius 1 is 0.654 bits per heavy atom. The molecular formula is C24H40N2. The number of hydrogen-bond donors (Lipinski definition) is 0. The van der Waals surface area contributed by atoms with Gasteiger partial charge in [-0.25, -0.2) is 0 Å². The van der Waals surface area contributed by atoms with E-state index >= 15 is 0 Å². The van der Waals surface area contributed by atoms with Crippen LogP contribution in [0.2, 0.25) is 0 Å². The first-order valence-corrected chi connectivity index (χ1v) is 11.1. The topological polar surface area (TPSA) is 6.48 Å².